The Morgan fingerprint density at radius 2 is 1.25 bits per heavy atom. The summed E-state index contributed by atoms with van der Waals surface area (Å²) in [6, 6.07) is 0. The normalized spacial score (nSPS) is 7.38. The van der Waals surface area contributed by atoms with Crippen LogP contribution in [0.2, 0.25) is 0 Å². The van der Waals surface area contributed by atoms with E-state index in [1.165, 1.54) is 0 Å². The summed E-state index contributed by atoms with van der Waals surface area (Å²) in [5, 5.41) is 0. The Kier molecular flexibility index (Phi) is 26.8. The molecule has 0 radical (unpaired) electrons. The molecule has 8 heteroatoms. The second-order valence-corrected chi connectivity index (χ2v) is 1.54. The van der Waals surface area contributed by atoms with Gasteiger partial charge in [-0.25, -0.2) is 4.57 Å². The van der Waals surface area contributed by atoms with Crippen LogP contribution in [0.4, 0.5) is 0 Å². The van der Waals surface area contributed by atoms with Crippen molar-refractivity contribution in [2.45, 2.75) is 0 Å². The van der Waals surface area contributed by atoms with Gasteiger partial charge in [0.2, 0.25) is 0 Å². The second kappa shape index (κ2) is 9.57. The van der Waals surface area contributed by atoms with E-state index in [4.69, 9.17) is 19.2 Å². The van der Waals surface area contributed by atoms with Crippen molar-refractivity contribution >= 4 is 78.5 Å². The molecule has 0 aromatic rings. The first-order valence-electron chi connectivity index (χ1n) is 0.783. The van der Waals surface area contributed by atoms with Gasteiger partial charge in [0.25, 0.3) is 0 Å². The van der Waals surface area contributed by atoms with Crippen molar-refractivity contribution in [3.8, 4) is 0 Å². The van der Waals surface area contributed by atoms with E-state index < -0.39 is 7.82 Å². The van der Waals surface area contributed by atoms with E-state index in [9.17, 15) is 0 Å². The maximum Gasteiger partial charge on any atom is 2.00 e. The van der Waals surface area contributed by atoms with Crippen LogP contribution in [0.5, 0.6) is 0 Å². The fraction of sp³-hybridized carbons (Fsp3) is 0. The van der Waals surface area contributed by atoms with E-state index in [1.807, 2.05) is 0 Å². The number of phosphoric acid groups is 1. The molecule has 0 saturated carbocycles. The first-order valence-corrected chi connectivity index (χ1v) is 2.35. The van der Waals surface area contributed by atoms with Gasteiger partial charge in [-0.15, -0.1) is 0 Å². The van der Waals surface area contributed by atoms with Crippen molar-refractivity contribution in [2.24, 2.45) is 0 Å². The molecule has 8 heavy (non-hydrogen) atoms. The predicted octanol–water partition coefficient (Wildman–Crippen LogP) is -1.18. The summed E-state index contributed by atoms with van der Waals surface area (Å²) in [5.74, 6) is 0. The van der Waals surface area contributed by atoms with Gasteiger partial charge in [0.1, 0.15) is 0 Å². The van der Waals surface area contributed by atoms with Crippen LogP contribution in [0, 0.1) is 0 Å². The van der Waals surface area contributed by atoms with Crippen LogP contribution in [-0.4, -0.2) is 75.5 Å². The number of hydrogen-bond donors (Lipinski definition) is 3. The molecule has 0 fully saturated rings. The van der Waals surface area contributed by atoms with E-state index >= 15 is 0 Å². The molecule has 0 aliphatic heterocycles. The quantitative estimate of drug-likeness (QED) is 0.340. The van der Waals surface area contributed by atoms with Crippen molar-refractivity contribution in [1.29, 1.82) is 0 Å². The van der Waals surface area contributed by atoms with Gasteiger partial charge in [-0.05, 0) is 0 Å². The SMILES string of the molecule is O=P(O)(O)O.P.[Ca+2].[H-].[H-].[H-].[H-].[Mg+2]. The third-order valence-corrected chi connectivity index (χ3v) is 0. The summed E-state index contributed by atoms with van der Waals surface area (Å²) in [6.45, 7) is 0. The summed E-state index contributed by atoms with van der Waals surface area (Å²) in [6.07, 6.45) is 0. The number of rotatable bonds is 0. The maximum absolute atomic E-state index is 8.88. The monoisotopic (exact) mass is 200 g/mol. The molecule has 0 amide bonds. The van der Waals surface area contributed by atoms with Gasteiger partial charge in [-0.3, -0.25) is 0 Å². The molecule has 0 saturated heterocycles. The van der Waals surface area contributed by atoms with Gasteiger partial charge < -0.3 is 20.4 Å². The molecule has 0 aromatic carbocycles. The second-order valence-electron chi connectivity index (χ2n) is 0.513. The van der Waals surface area contributed by atoms with Gasteiger partial charge in [-0.1, -0.05) is 0 Å². The fourth-order valence-electron chi connectivity index (χ4n) is 0. The van der Waals surface area contributed by atoms with Crippen molar-refractivity contribution in [2.75, 3.05) is 0 Å². The molecular formula is H10CaMgO4P2. The molecule has 3 N–H and O–H groups in total. The third kappa shape index (κ3) is 74.5. The topological polar surface area (TPSA) is 77.8 Å². The van der Waals surface area contributed by atoms with Crippen molar-refractivity contribution in [3.05, 3.63) is 0 Å². The van der Waals surface area contributed by atoms with E-state index in [-0.39, 0.29) is 76.4 Å². The molecule has 1 unspecified atom stereocenters. The van der Waals surface area contributed by atoms with Gasteiger partial charge >= 0.3 is 68.6 Å². The fourth-order valence-corrected chi connectivity index (χ4v) is 0. The zero-order chi connectivity index (χ0) is 4.50. The Morgan fingerprint density at radius 3 is 1.25 bits per heavy atom. The third-order valence-electron chi connectivity index (χ3n) is 0. The molecule has 0 aliphatic rings. The van der Waals surface area contributed by atoms with Crippen LogP contribution >= 0.6 is 17.7 Å². The first kappa shape index (κ1) is 22.4. The Bertz CT molecular complexity index is 71.2. The molecule has 0 aromatic heterocycles. The van der Waals surface area contributed by atoms with Gasteiger partial charge in [0.05, 0.1) is 0 Å². The summed E-state index contributed by atoms with van der Waals surface area (Å²) in [7, 11) is -4.64. The van der Waals surface area contributed by atoms with Crippen molar-refractivity contribution < 1.29 is 25.0 Å². The molecule has 0 spiro atoms. The van der Waals surface area contributed by atoms with Gasteiger partial charge in [0.15, 0.2) is 0 Å². The van der Waals surface area contributed by atoms with Gasteiger partial charge in [0, 0.05) is 0 Å². The Morgan fingerprint density at radius 1 is 1.25 bits per heavy atom. The summed E-state index contributed by atoms with van der Waals surface area (Å²) in [4.78, 5) is 21.6. The average molecular weight is 200 g/mol. The van der Waals surface area contributed by atoms with Crippen LogP contribution in [0.15, 0.2) is 0 Å². The minimum atomic E-state index is -4.64. The van der Waals surface area contributed by atoms with Crippen LogP contribution < -0.4 is 0 Å². The maximum atomic E-state index is 8.88. The summed E-state index contributed by atoms with van der Waals surface area (Å²) >= 11 is 0. The minimum absolute atomic E-state index is 0. The Hall–Kier alpha value is 2.57. The zero-order valence-electron chi connectivity index (χ0n) is 8.32. The van der Waals surface area contributed by atoms with E-state index in [1.54, 1.807) is 0 Å². The van der Waals surface area contributed by atoms with Gasteiger partial charge in [-0.2, -0.15) is 9.90 Å². The molecule has 48 valence electrons. The molecule has 0 heterocycles. The van der Waals surface area contributed by atoms with E-state index in [2.05, 4.69) is 0 Å². The van der Waals surface area contributed by atoms with Crippen LogP contribution in [0.1, 0.15) is 5.71 Å². The van der Waals surface area contributed by atoms with Crippen LogP contribution in [-0.2, 0) is 4.57 Å². The predicted molar refractivity (Wildman–Crippen MR) is 41.3 cm³/mol. The largest absolute Gasteiger partial charge is 2.00 e. The van der Waals surface area contributed by atoms with Crippen LogP contribution in [0.25, 0.3) is 0 Å². The van der Waals surface area contributed by atoms with Crippen molar-refractivity contribution in [3.63, 3.8) is 0 Å². The summed E-state index contributed by atoms with van der Waals surface area (Å²) in [5.41, 5.74) is 0. The van der Waals surface area contributed by atoms with Crippen molar-refractivity contribution in [1.82, 2.24) is 0 Å². The summed E-state index contributed by atoms with van der Waals surface area (Å²) < 4.78 is 8.88. The first-order chi connectivity index (χ1) is 2.00. The molecular weight excluding hydrogens is 190 g/mol. The smallest absolute Gasteiger partial charge is 1.00 e. The molecule has 0 aliphatic carbocycles. The Balaban J connectivity index is -0.00000000381. The molecule has 0 rings (SSSR count). The molecule has 1 atom stereocenters. The molecule has 0 bridgehead atoms. The number of hydrogen-bond acceptors (Lipinski definition) is 1. The zero-order valence-corrected chi connectivity index (χ0v) is 10.2. The van der Waals surface area contributed by atoms with E-state index in [0.717, 1.165) is 0 Å². The van der Waals surface area contributed by atoms with Crippen LogP contribution in [0.3, 0.4) is 0 Å². The standard InChI is InChI=1S/Ca.Mg.H3O4P.H3P.4H/c;;1-5(2,3)4;;;;;/h;;(H3,1,2,3,4);1H3;;;;/q2*+2;;;4*-1. The molecule has 4 nitrogen and oxygen atoms in total. The van der Waals surface area contributed by atoms with E-state index in [0.29, 0.717) is 0 Å². The average Bonchev–Trinajstić information content (AvgIpc) is 0.722. The Labute approximate surface area is 102 Å². The minimum Gasteiger partial charge on any atom is -1.00 e.